The van der Waals surface area contributed by atoms with Crippen LogP contribution >= 0.6 is 0 Å². The minimum Gasteiger partial charge on any atom is -0.342 e. The summed E-state index contributed by atoms with van der Waals surface area (Å²) in [6.45, 7) is 10.1. The van der Waals surface area contributed by atoms with Crippen molar-refractivity contribution in [1.82, 2.24) is 10.2 Å². The molecule has 0 spiro atoms. The summed E-state index contributed by atoms with van der Waals surface area (Å²) in [5.74, 6) is 0.0213. The highest BCUT2D eigenvalue weighted by molar-refractivity contribution is 5.93. The van der Waals surface area contributed by atoms with Gasteiger partial charge >= 0.3 is 0 Å². The van der Waals surface area contributed by atoms with Gasteiger partial charge in [-0.3, -0.25) is 9.59 Å². The topological polar surface area (TPSA) is 49.4 Å². The van der Waals surface area contributed by atoms with Crippen molar-refractivity contribution < 1.29 is 9.59 Å². The third kappa shape index (κ3) is 2.74. The second-order valence-corrected chi connectivity index (χ2v) is 4.96. The zero-order valence-electron chi connectivity index (χ0n) is 11.7. The van der Waals surface area contributed by atoms with Crippen LogP contribution in [0, 0.1) is 0 Å². The summed E-state index contributed by atoms with van der Waals surface area (Å²) in [6.07, 6.45) is 4.22. The maximum Gasteiger partial charge on any atom is 0.248 e. The van der Waals surface area contributed by atoms with Crippen LogP contribution in [0.2, 0.25) is 0 Å². The van der Waals surface area contributed by atoms with E-state index in [2.05, 4.69) is 11.9 Å². The lowest BCUT2D eigenvalue weighted by molar-refractivity contribution is -0.140. The van der Waals surface area contributed by atoms with Crippen LogP contribution in [0.1, 0.15) is 46.5 Å². The molecule has 1 N–H and O–H groups in total. The lowest BCUT2D eigenvalue weighted by Gasteiger charge is -2.36. The molecule has 1 fully saturated rings. The number of nitrogens with one attached hydrogen (secondary N) is 1. The molecule has 1 unspecified atom stereocenters. The van der Waals surface area contributed by atoms with Crippen molar-refractivity contribution in [3.05, 3.63) is 12.7 Å². The zero-order chi connectivity index (χ0) is 13.8. The number of rotatable bonds is 5. The fraction of sp³-hybridized carbons (Fsp3) is 0.714. The summed E-state index contributed by atoms with van der Waals surface area (Å²) >= 11 is 0. The highest BCUT2D eigenvalue weighted by atomic mass is 16.2. The summed E-state index contributed by atoms with van der Waals surface area (Å²) in [6, 6.07) is 0.0974. The van der Waals surface area contributed by atoms with Crippen molar-refractivity contribution in [2.45, 2.75) is 58.0 Å². The molecule has 102 valence electrons. The number of hydrogen-bond donors (Lipinski definition) is 1. The Bertz CT molecular complexity index is 335. The maximum atomic E-state index is 12.7. The minimum atomic E-state index is -0.719. The van der Waals surface area contributed by atoms with E-state index in [0.717, 1.165) is 6.42 Å². The van der Waals surface area contributed by atoms with Crippen LogP contribution in [0.15, 0.2) is 12.7 Å². The average Bonchev–Trinajstić information content (AvgIpc) is 2.48. The van der Waals surface area contributed by atoms with Crippen LogP contribution in [0.5, 0.6) is 0 Å². The van der Waals surface area contributed by atoms with E-state index in [0.29, 0.717) is 25.8 Å². The third-order valence-corrected chi connectivity index (χ3v) is 3.88. The Morgan fingerprint density at radius 3 is 2.56 bits per heavy atom. The summed E-state index contributed by atoms with van der Waals surface area (Å²) < 4.78 is 0. The predicted molar refractivity (Wildman–Crippen MR) is 72.1 cm³/mol. The monoisotopic (exact) mass is 252 g/mol. The van der Waals surface area contributed by atoms with Crippen LogP contribution < -0.4 is 5.32 Å². The summed E-state index contributed by atoms with van der Waals surface area (Å²) in [5.41, 5.74) is -0.719. The van der Waals surface area contributed by atoms with Gasteiger partial charge in [0.15, 0.2) is 0 Å². The summed E-state index contributed by atoms with van der Waals surface area (Å²) in [4.78, 5) is 26.3. The Hall–Kier alpha value is -1.32. The van der Waals surface area contributed by atoms with Crippen molar-refractivity contribution in [3.63, 3.8) is 0 Å². The average molecular weight is 252 g/mol. The first-order valence-corrected chi connectivity index (χ1v) is 6.73. The minimum absolute atomic E-state index is 0.0275. The van der Waals surface area contributed by atoms with Crippen LogP contribution in [0.4, 0.5) is 0 Å². The fourth-order valence-electron chi connectivity index (χ4n) is 2.50. The Balaban J connectivity index is 3.03. The molecule has 18 heavy (non-hydrogen) atoms. The van der Waals surface area contributed by atoms with Crippen LogP contribution in [0.25, 0.3) is 0 Å². The van der Waals surface area contributed by atoms with Gasteiger partial charge in [0.2, 0.25) is 11.8 Å². The van der Waals surface area contributed by atoms with Gasteiger partial charge in [-0.15, -0.1) is 6.58 Å². The molecule has 0 aromatic carbocycles. The van der Waals surface area contributed by atoms with E-state index < -0.39 is 5.54 Å². The van der Waals surface area contributed by atoms with Gasteiger partial charge in [0, 0.05) is 19.0 Å². The van der Waals surface area contributed by atoms with Gasteiger partial charge in [-0.05, 0) is 26.2 Å². The molecule has 1 atom stereocenters. The summed E-state index contributed by atoms with van der Waals surface area (Å²) in [5, 5.41) is 2.91. The molecule has 0 bridgehead atoms. The lowest BCUT2D eigenvalue weighted by Crippen LogP contribution is -2.57. The first kappa shape index (κ1) is 14.7. The van der Waals surface area contributed by atoms with E-state index in [1.165, 1.54) is 0 Å². The van der Waals surface area contributed by atoms with Crippen molar-refractivity contribution in [1.29, 1.82) is 0 Å². The molecule has 1 aliphatic heterocycles. The molecular weight excluding hydrogens is 228 g/mol. The number of hydrogen-bond acceptors (Lipinski definition) is 2. The van der Waals surface area contributed by atoms with Gasteiger partial charge < -0.3 is 10.2 Å². The number of carbonyl (C=O) groups excluding carboxylic acids is 2. The van der Waals surface area contributed by atoms with E-state index in [1.54, 1.807) is 0 Å². The fourth-order valence-corrected chi connectivity index (χ4v) is 2.50. The molecule has 1 heterocycles. The maximum absolute atomic E-state index is 12.7. The van der Waals surface area contributed by atoms with Crippen molar-refractivity contribution in [2.24, 2.45) is 0 Å². The molecule has 0 aromatic rings. The zero-order valence-corrected chi connectivity index (χ0v) is 11.7. The van der Waals surface area contributed by atoms with Crippen molar-refractivity contribution in [3.8, 4) is 0 Å². The number of nitrogens with zero attached hydrogens (tertiary/aromatic N) is 1. The summed E-state index contributed by atoms with van der Waals surface area (Å²) in [7, 11) is 0. The molecule has 1 rings (SSSR count). The molecule has 4 nitrogen and oxygen atoms in total. The Morgan fingerprint density at radius 2 is 2.06 bits per heavy atom. The van der Waals surface area contributed by atoms with E-state index in [-0.39, 0.29) is 17.9 Å². The smallest absolute Gasteiger partial charge is 0.248 e. The number of carbonyl (C=O) groups is 2. The number of amides is 2. The van der Waals surface area contributed by atoms with Crippen LogP contribution in [-0.4, -0.2) is 34.8 Å². The third-order valence-electron chi connectivity index (χ3n) is 3.88. The van der Waals surface area contributed by atoms with Gasteiger partial charge in [-0.2, -0.15) is 0 Å². The van der Waals surface area contributed by atoms with Gasteiger partial charge in [0.1, 0.15) is 5.54 Å². The second kappa shape index (κ2) is 6.03. The largest absolute Gasteiger partial charge is 0.342 e. The molecule has 0 aromatic heterocycles. The van der Waals surface area contributed by atoms with Crippen molar-refractivity contribution >= 4 is 11.8 Å². The molecule has 0 radical (unpaired) electrons. The quantitative estimate of drug-likeness (QED) is 0.759. The lowest BCUT2D eigenvalue weighted by atomic mass is 9.90. The van der Waals surface area contributed by atoms with Gasteiger partial charge in [-0.1, -0.05) is 19.9 Å². The Kier molecular flexibility index (Phi) is 4.93. The van der Waals surface area contributed by atoms with Crippen molar-refractivity contribution in [2.75, 3.05) is 6.54 Å². The molecule has 1 aliphatic rings. The standard InChI is InChI=1S/C14H24N2O2/c1-5-8-11(4)16-10-9-12(17)15-14(6-2,7-3)13(16)18/h5,11H,1,6-10H2,2-4H3,(H,15,17). The normalized spacial score (nSPS) is 21.2. The molecular formula is C14H24N2O2. The first-order valence-electron chi connectivity index (χ1n) is 6.73. The first-order chi connectivity index (χ1) is 8.50. The molecule has 0 aliphatic carbocycles. The Morgan fingerprint density at radius 1 is 1.44 bits per heavy atom. The van der Waals surface area contributed by atoms with Crippen LogP contribution in [0.3, 0.4) is 0 Å². The van der Waals surface area contributed by atoms with E-state index in [1.807, 2.05) is 31.7 Å². The molecule has 1 saturated heterocycles. The SMILES string of the molecule is C=CCC(C)N1CCC(=O)NC(CC)(CC)C1=O. The highest BCUT2D eigenvalue weighted by Gasteiger charge is 2.42. The molecule has 2 amide bonds. The predicted octanol–water partition coefficient (Wildman–Crippen LogP) is 1.86. The van der Waals surface area contributed by atoms with Gasteiger partial charge in [-0.25, -0.2) is 0 Å². The van der Waals surface area contributed by atoms with Gasteiger partial charge in [0.25, 0.3) is 0 Å². The highest BCUT2D eigenvalue weighted by Crippen LogP contribution is 2.24. The molecule has 4 heteroatoms. The van der Waals surface area contributed by atoms with E-state index in [9.17, 15) is 9.59 Å². The van der Waals surface area contributed by atoms with E-state index in [4.69, 9.17) is 0 Å². The van der Waals surface area contributed by atoms with Crippen LogP contribution in [-0.2, 0) is 9.59 Å². The van der Waals surface area contributed by atoms with Gasteiger partial charge in [0.05, 0.1) is 0 Å². The Labute approximate surface area is 109 Å². The second-order valence-electron chi connectivity index (χ2n) is 4.96. The van der Waals surface area contributed by atoms with E-state index >= 15 is 0 Å². The molecule has 0 saturated carbocycles.